The second kappa shape index (κ2) is 7.49. The van der Waals surface area contributed by atoms with E-state index < -0.39 is 0 Å². The molecule has 0 saturated carbocycles. The fraction of sp³-hybridized carbons (Fsp3) is 0.350. The highest BCUT2D eigenvalue weighted by atomic mass is 16.5. The van der Waals surface area contributed by atoms with Gasteiger partial charge in [-0.05, 0) is 75.2 Å². The van der Waals surface area contributed by atoms with E-state index in [0.29, 0.717) is 6.54 Å². The fourth-order valence-electron chi connectivity index (χ4n) is 3.13. The zero-order valence-corrected chi connectivity index (χ0v) is 14.3. The largest absolute Gasteiger partial charge is 0.457 e. The van der Waals surface area contributed by atoms with Crippen LogP contribution in [0.3, 0.4) is 0 Å². The van der Waals surface area contributed by atoms with Crippen molar-refractivity contribution >= 4 is 11.6 Å². The molecule has 4 nitrogen and oxygen atoms in total. The average molecular weight is 324 g/mol. The normalized spacial score (nSPS) is 14.6. The van der Waals surface area contributed by atoms with Crippen molar-refractivity contribution in [1.82, 2.24) is 4.90 Å². The SMILES string of the molecule is Cc1cc(Oc2ccccc2)cc(C)c1NC(=O)CN1CCCC1. The van der Waals surface area contributed by atoms with Gasteiger partial charge in [-0.15, -0.1) is 0 Å². The molecule has 1 N–H and O–H groups in total. The Hall–Kier alpha value is -2.33. The van der Waals surface area contributed by atoms with Crippen molar-refractivity contribution in [2.45, 2.75) is 26.7 Å². The third-order valence-corrected chi connectivity index (χ3v) is 4.32. The first-order chi connectivity index (χ1) is 11.6. The zero-order chi connectivity index (χ0) is 16.9. The van der Waals surface area contributed by atoms with Gasteiger partial charge in [0.05, 0.1) is 6.54 Å². The van der Waals surface area contributed by atoms with Gasteiger partial charge in [-0.3, -0.25) is 9.69 Å². The third kappa shape index (κ3) is 4.15. The molecule has 2 aromatic rings. The number of ether oxygens (including phenoxy) is 1. The monoisotopic (exact) mass is 324 g/mol. The van der Waals surface area contributed by atoms with E-state index >= 15 is 0 Å². The quantitative estimate of drug-likeness (QED) is 0.899. The molecule has 0 atom stereocenters. The third-order valence-electron chi connectivity index (χ3n) is 4.32. The number of hydrogen-bond donors (Lipinski definition) is 1. The van der Waals surface area contributed by atoms with Crippen molar-refractivity contribution in [1.29, 1.82) is 0 Å². The summed E-state index contributed by atoms with van der Waals surface area (Å²) >= 11 is 0. The van der Waals surface area contributed by atoms with Gasteiger partial charge in [0.1, 0.15) is 11.5 Å². The van der Waals surface area contributed by atoms with Gasteiger partial charge in [-0.1, -0.05) is 18.2 Å². The maximum Gasteiger partial charge on any atom is 0.238 e. The predicted octanol–water partition coefficient (Wildman–Crippen LogP) is 4.13. The fourth-order valence-corrected chi connectivity index (χ4v) is 3.13. The van der Waals surface area contributed by atoms with Crippen molar-refractivity contribution in [3.8, 4) is 11.5 Å². The number of nitrogens with one attached hydrogen (secondary N) is 1. The van der Waals surface area contributed by atoms with Crippen LogP contribution in [0.15, 0.2) is 42.5 Å². The molecule has 1 aliphatic heterocycles. The molecular weight excluding hydrogens is 300 g/mol. The van der Waals surface area contributed by atoms with Gasteiger partial charge in [-0.2, -0.15) is 0 Å². The van der Waals surface area contributed by atoms with Crippen LogP contribution in [0.25, 0.3) is 0 Å². The number of carbonyl (C=O) groups is 1. The Bertz CT molecular complexity index is 684. The molecule has 1 heterocycles. The number of aryl methyl sites for hydroxylation is 2. The molecule has 0 aromatic heterocycles. The van der Waals surface area contributed by atoms with Gasteiger partial charge < -0.3 is 10.1 Å². The van der Waals surface area contributed by atoms with Crippen molar-refractivity contribution in [2.24, 2.45) is 0 Å². The Kier molecular flexibility index (Phi) is 5.16. The lowest BCUT2D eigenvalue weighted by Crippen LogP contribution is -2.31. The molecule has 1 aliphatic rings. The number of likely N-dealkylation sites (tertiary alicyclic amines) is 1. The van der Waals surface area contributed by atoms with Gasteiger partial charge in [0, 0.05) is 5.69 Å². The van der Waals surface area contributed by atoms with Gasteiger partial charge in [0.25, 0.3) is 0 Å². The first kappa shape index (κ1) is 16.5. The molecule has 0 unspecified atom stereocenters. The number of para-hydroxylation sites is 1. The summed E-state index contributed by atoms with van der Waals surface area (Å²) < 4.78 is 5.89. The summed E-state index contributed by atoms with van der Waals surface area (Å²) in [5.74, 6) is 1.65. The topological polar surface area (TPSA) is 41.6 Å². The molecule has 1 saturated heterocycles. The van der Waals surface area contributed by atoms with E-state index in [9.17, 15) is 4.79 Å². The second-order valence-corrected chi connectivity index (χ2v) is 6.38. The molecule has 1 fully saturated rings. The van der Waals surface area contributed by atoms with E-state index in [1.165, 1.54) is 12.8 Å². The summed E-state index contributed by atoms with van der Waals surface area (Å²) in [6, 6.07) is 13.6. The molecule has 0 radical (unpaired) electrons. The number of anilines is 1. The maximum atomic E-state index is 12.3. The highest BCUT2D eigenvalue weighted by Gasteiger charge is 2.16. The van der Waals surface area contributed by atoms with Crippen molar-refractivity contribution in [3.05, 3.63) is 53.6 Å². The van der Waals surface area contributed by atoms with E-state index in [1.54, 1.807) is 0 Å². The van der Waals surface area contributed by atoms with Crippen LogP contribution in [0.1, 0.15) is 24.0 Å². The van der Waals surface area contributed by atoms with Gasteiger partial charge in [-0.25, -0.2) is 0 Å². The maximum absolute atomic E-state index is 12.3. The second-order valence-electron chi connectivity index (χ2n) is 6.38. The summed E-state index contributed by atoms with van der Waals surface area (Å²) in [5.41, 5.74) is 2.91. The molecule has 2 aromatic carbocycles. The Labute approximate surface area is 143 Å². The molecule has 24 heavy (non-hydrogen) atoms. The number of rotatable bonds is 5. The molecule has 126 valence electrons. The lowest BCUT2D eigenvalue weighted by Gasteiger charge is -2.17. The van der Waals surface area contributed by atoms with E-state index in [-0.39, 0.29) is 5.91 Å². The number of nitrogens with zero attached hydrogens (tertiary/aromatic N) is 1. The molecule has 0 aliphatic carbocycles. The first-order valence-corrected chi connectivity index (χ1v) is 8.48. The van der Waals surface area contributed by atoms with Crippen LogP contribution in [0.4, 0.5) is 5.69 Å². The minimum Gasteiger partial charge on any atom is -0.457 e. The number of carbonyl (C=O) groups excluding carboxylic acids is 1. The van der Waals surface area contributed by atoms with Crippen LogP contribution in [0, 0.1) is 13.8 Å². The minimum absolute atomic E-state index is 0.0554. The van der Waals surface area contributed by atoms with Crippen molar-refractivity contribution < 1.29 is 9.53 Å². The summed E-state index contributed by atoms with van der Waals surface area (Å²) in [4.78, 5) is 14.5. The number of hydrogen-bond acceptors (Lipinski definition) is 3. The van der Waals surface area contributed by atoms with Crippen molar-refractivity contribution in [2.75, 3.05) is 25.0 Å². The lowest BCUT2D eigenvalue weighted by molar-refractivity contribution is -0.117. The number of benzene rings is 2. The summed E-state index contributed by atoms with van der Waals surface area (Å²) in [6.45, 7) is 6.51. The summed E-state index contributed by atoms with van der Waals surface area (Å²) in [6.07, 6.45) is 2.38. The average Bonchev–Trinajstić information content (AvgIpc) is 3.05. The predicted molar refractivity (Wildman–Crippen MR) is 96.7 cm³/mol. The molecule has 1 amide bonds. The number of amides is 1. The molecule has 0 spiro atoms. The summed E-state index contributed by atoms with van der Waals surface area (Å²) in [5, 5.41) is 3.06. The first-order valence-electron chi connectivity index (χ1n) is 8.48. The van der Waals surface area contributed by atoms with Gasteiger partial charge >= 0.3 is 0 Å². The Morgan fingerprint density at radius 2 is 1.67 bits per heavy atom. The van der Waals surface area contributed by atoms with Crippen LogP contribution in [-0.2, 0) is 4.79 Å². The molecule has 3 rings (SSSR count). The molecular formula is C20H24N2O2. The van der Waals surface area contributed by atoms with Crippen LogP contribution in [0.5, 0.6) is 11.5 Å². The molecule has 0 bridgehead atoms. The smallest absolute Gasteiger partial charge is 0.238 e. The molecule has 4 heteroatoms. The Morgan fingerprint density at radius 3 is 2.29 bits per heavy atom. The Morgan fingerprint density at radius 1 is 1.04 bits per heavy atom. The van der Waals surface area contributed by atoms with E-state index in [1.807, 2.05) is 56.3 Å². The lowest BCUT2D eigenvalue weighted by atomic mass is 10.1. The standard InChI is InChI=1S/C20H24N2O2/c1-15-12-18(24-17-8-4-3-5-9-17)13-16(2)20(15)21-19(23)14-22-10-6-7-11-22/h3-5,8-9,12-13H,6-7,10-11,14H2,1-2H3,(H,21,23). The van der Waals surface area contributed by atoms with Gasteiger partial charge in [0.2, 0.25) is 5.91 Å². The van der Waals surface area contributed by atoms with Crippen LogP contribution < -0.4 is 10.1 Å². The highest BCUT2D eigenvalue weighted by Crippen LogP contribution is 2.29. The Balaban J connectivity index is 1.69. The van der Waals surface area contributed by atoms with Gasteiger partial charge in [0.15, 0.2) is 0 Å². The van der Waals surface area contributed by atoms with Crippen molar-refractivity contribution in [3.63, 3.8) is 0 Å². The zero-order valence-electron chi connectivity index (χ0n) is 14.3. The van der Waals surface area contributed by atoms with Crippen LogP contribution in [-0.4, -0.2) is 30.4 Å². The summed E-state index contributed by atoms with van der Waals surface area (Å²) in [7, 11) is 0. The van der Waals surface area contributed by atoms with E-state index in [0.717, 1.165) is 41.4 Å². The van der Waals surface area contributed by atoms with E-state index in [4.69, 9.17) is 4.74 Å². The van der Waals surface area contributed by atoms with Crippen LogP contribution in [0.2, 0.25) is 0 Å². The van der Waals surface area contributed by atoms with E-state index in [2.05, 4.69) is 10.2 Å². The van der Waals surface area contributed by atoms with Crippen LogP contribution >= 0.6 is 0 Å². The minimum atomic E-state index is 0.0554. The highest BCUT2D eigenvalue weighted by molar-refractivity contribution is 5.94.